The maximum atomic E-state index is 5.25. The van der Waals surface area contributed by atoms with Gasteiger partial charge in [0.15, 0.2) is 0 Å². The van der Waals surface area contributed by atoms with Crippen LogP contribution in [-0.2, 0) is 12.8 Å². The van der Waals surface area contributed by atoms with Crippen molar-refractivity contribution in [3.8, 4) is 5.75 Å². The molecule has 2 aromatic carbocycles. The van der Waals surface area contributed by atoms with Crippen molar-refractivity contribution in [1.82, 2.24) is 0 Å². The van der Waals surface area contributed by atoms with Crippen molar-refractivity contribution in [2.75, 3.05) is 26.1 Å². The molecule has 2 rings (SSSR count). The average Bonchev–Trinajstić information content (AvgIpc) is 2.48. The number of halogens is 1. The van der Waals surface area contributed by atoms with Crippen molar-refractivity contribution in [2.45, 2.75) is 19.3 Å². The number of methoxy groups -OCH3 is 1. The van der Waals surface area contributed by atoms with Gasteiger partial charge in [0, 0.05) is 19.8 Å². The second kappa shape index (κ2) is 8.58. The van der Waals surface area contributed by atoms with Crippen LogP contribution in [0.2, 0.25) is 0 Å². The highest BCUT2D eigenvalue weighted by atomic mass is 35.5. The maximum absolute atomic E-state index is 5.25. The highest BCUT2D eigenvalue weighted by molar-refractivity contribution is 5.85. The fourth-order valence-electron chi connectivity index (χ4n) is 2.29. The fourth-order valence-corrected chi connectivity index (χ4v) is 2.29. The van der Waals surface area contributed by atoms with Crippen LogP contribution < -0.4 is 9.64 Å². The summed E-state index contributed by atoms with van der Waals surface area (Å²) in [6.45, 7) is 0. The van der Waals surface area contributed by atoms with Crippen LogP contribution in [0, 0.1) is 0 Å². The second-order valence-corrected chi connectivity index (χ2v) is 5.27. The van der Waals surface area contributed by atoms with Crippen molar-refractivity contribution in [3.05, 3.63) is 59.7 Å². The topological polar surface area (TPSA) is 12.5 Å². The van der Waals surface area contributed by atoms with E-state index in [1.807, 2.05) is 6.07 Å². The van der Waals surface area contributed by atoms with E-state index in [-0.39, 0.29) is 12.4 Å². The van der Waals surface area contributed by atoms with E-state index in [1.54, 1.807) is 7.11 Å². The lowest BCUT2D eigenvalue weighted by molar-refractivity contribution is 0.414. The molecule has 0 aliphatic rings. The van der Waals surface area contributed by atoms with E-state index in [1.165, 1.54) is 16.8 Å². The Morgan fingerprint density at radius 2 is 1.57 bits per heavy atom. The summed E-state index contributed by atoms with van der Waals surface area (Å²) in [5, 5.41) is 0. The van der Waals surface area contributed by atoms with Gasteiger partial charge in [-0.3, -0.25) is 0 Å². The van der Waals surface area contributed by atoms with Gasteiger partial charge in [-0.05, 0) is 54.7 Å². The van der Waals surface area contributed by atoms with Crippen molar-refractivity contribution < 1.29 is 4.74 Å². The van der Waals surface area contributed by atoms with E-state index in [0.717, 1.165) is 25.0 Å². The Kier molecular flexibility index (Phi) is 7.10. The molecule has 0 saturated carbocycles. The molecule has 0 aliphatic heterocycles. The molecule has 2 aromatic rings. The molecule has 0 bridgehead atoms. The molecule has 0 heterocycles. The number of ether oxygens (including phenoxy) is 1. The third-order valence-corrected chi connectivity index (χ3v) is 3.52. The number of hydrogen-bond donors (Lipinski definition) is 0. The first kappa shape index (κ1) is 17.4. The van der Waals surface area contributed by atoms with Crippen molar-refractivity contribution in [2.24, 2.45) is 0 Å². The Labute approximate surface area is 134 Å². The molecule has 21 heavy (non-hydrogen) atoms. The minimum absolute atomic E-state index is 0. The predicted molar refractivity (Wildman–Crippen MR) is 93.0 cm³/mol. The van der Waals surface area contributed by atoms with Crippen LogP contribution in [-0.4, -0.2) is 21.2 Å². The van der Waals surface area contributed by atoms with Gasteiger partial charge in [0.2, 0.25) is 0 Å². The molecule has 0 radical (unpaired) electrons. The molecule has 0 N–H and O–H groups in total. The minimum atomic E-state index is 0. The normalized spacial score (nSPS) is 9.86. The zero-order valence-electron chi connectivity index (χ0n) is 13.0. The second-order valence-electron chi connectivity index (χ2n) is 5.27. The molecule has 0 spiro atoms. The van der Waals surface area contributed by atoms with Gasteiger partial charge in [-0.25, -0.2) is 0 Å². The lowest BCUT2D eigenvalue weighted by atomic mass is 10.0. The molecule has 0 aliphatic carbocycles. The molecule has 0 atom stereocenters. The summed E-state index contributed by atoms with van der Waals surface area (Å²) in [6, 6.07) is 17.1. The van der Waals surface area contributed by atoms with Crippen molar-refractivity contribution >= 4 is 18.1 Å². The molecule has 114 valence electrons. The molecule has 0 fully saturated rings. The van der Waals surface area contributed by atoms with Crippen LogP contribution in [0.5, 0.6) is 5.75 Å². The first-order valence-electron chi connectivity index (χ1n) is 7.08. The van der Waals surface area contributed by atoms with E-state index >= 15 is 0 Å². The van der Waals surface area contributed by atoms with E-state index in [4.69, 9.17) is 4.74 Å². The molecule has 3 heteroatoms. The average molecular weight is 306 g/mol. The number of nitrogens with zero attached hydrogens (tertiary/aromatic N) is 1. The van der Waals surface area contributed by atoms with Crippen molar-refractivity contribution in [1.29, 1.82) is 0 Å². The number of benzene rings is 2. The standard InChI is InChI=1S/C18H23NO.ClH/c1-19(2)17-12-10-15(11-13-17)6-4-7-16-8-5-9-18(14-16)20-3;/h5,8-14H,4,6-7H2,1-3H3;1H. The van der Waals surface area contributed by atoms with E-state index < -0.39 is 0 Å². The van der Waals surface area contributed by atoms with Crippen LogP contribution in [0.3, 0.4) is 0 Å². The van der Waals surface area contributed by atoms with Gasteiger partial charge in [0.25, 0.3) is 0 Å². The molecule has 2 nitrogen and oxygen atoms in total. The maximum Gasteiger partial charge on any atom is 0.119 e. The first-order chi connectivity index (χ1) is 9.69. The Balaban J connectivity index is 0.00000220. The SMILES string of the molecule is COc1cccc(CCCc2ccc(N(C)C)cc2)c1.Cl. The summed E-state index contributed by atoms with van der Waals surface area (Å²) in [5.74, 6) is 0.942. The highest BCUT2D eigenvalue weighted by Crippen LogP contribution is 2.16. The summed E-state index contributed by atoms with van der Waals surface area (Å²) in [4.78, 5) is 2.13. The highest BCUT2D eigenvalue weighted by Gasteiger charge is 1.99. The summed E-state index contributed by atoms with van der Waals surface area (Å²) in [6.07, 6.45) is 3.37. The molecule has 0 aromatic heterocycles. The molecule has 0 amide bonds. The van der Waals surface area contributed by atoms with Crippen LogP contribution in [0.1, 0.15) is 17.5 Å². The van der Waals surface area contributed by atoms with E-state index in [9.17, 15) is 0 Å². The summed E-state index contributed by atoms with van der Waals surface area (Å²) < 4.78 is 5.25. The smallest absolute Gasteiger partial charge is 0.119 e. The Morgan fingerprint density at radius 3 is 2.19 bits per heavy atom. The zero-order valence-corrected chi connectivity index (χ0v) is 13.8. The van der Waals surface area contributed by atoms with Crippen LogP contribution in [0.25, 0.3) is 0 Å². The quantitative estimate of drug-likeness (QED) is 0.786. The Bertz CT molecular complexity index is 537. The van der Waals surface area contributed by atoms with Gasteiger partial charge in [-0.15, -0.1) is 12.4 Å². The first-order valence-corrected chi connectivity index (χ1v) is 7.08. The lowest BCUT2D eigenvalue weighted by Crippen LogP contribution is -2.08. The monoisotopic (exact) mass is 305 g/mol. The summed E-state index contributed by atoms with van der Waals surface area (Å²) >= 11 is 0. The van der Waals surface area contributed by atoms with Crippen LogP contribution >= 0.6 is 12.4 Å². The zero-order chi connectivity index (χ0) is 14.4. The fraction of sp³-hybridized carbons (Fsp3) is 0.333. The number of aryl methyl sites for hydroxylation is 2. The Morgan fingerprint density at radius 1 is 0.905 bits per heavy atom. The summed E-state index contributed by atoms with van der Waals surface area (Å²) in [5.41, 5.74) is 3.99. The lowest BCUT2D eigenvalue weighted by Gasteiger charge is -2.12. The number of anilines is 1. The van der Waals surface area contributed by atoms with Gasteiger partial charge in [0.05, 0.1) is 7.11 Å². The van der Waals surface area contributed by atoms with Gasteiger partial charge < -0.3 is 9.64 Å². The summed E-state index contributed by atoms with van der Waals surface area (Å²) in [7, 11) is 5.85. The van der Waals surface area contributed by atoms with E-state index in [2.05, 4.69) is 61.5 Å². The molecule has 0 saturated heterocycles. The van der Waals surface area contributed by atoms with Gasteiger partial charge >= 0.3 is 0 Å². The van der Waals surface area contributed by atoms with Gasteiger partial charge in [0.1, 0.15) is 5.75 Å². The molecular formula is C18H24ClNO. The third-order valence-electron chi connectivity index (χ3n) is 3.52. The van der Waals surface area contributed by atoms with E-state index in [0.29, 0.717) is 0 Å². The largest absolute Gasteiger partial charge is 0.497 e. The van der Waals surface area contributed by atoms with Gasteiger partial charge in [-0.2, -0.15) is 0 Å². The Hall–Kier alpha value is -1.67. The molecule has 0 unspecified atom stereocenters. The predicted octanol–water partition coefficient (Wildman–Crippen LogP) is 4.36. The van der Waals surface area contributed by atoms with Crippen LogP contribution in [0.15, 0.2) is 48.5 Å². The third kappa shape index (κ3) is 5.31. The van der Waals surface area contributed by atoms with Gasteiger partial charge in [-0.1, -0.05) is 24.3 Å². The molecular weight excluding hydrogens is 282 g/mol. The van der Waals surface area contributed by atoms with Crippen LogP contribution in [0.4, 0.5) is 5.69 Å². The minimum Gasteiger partial charge on any atom is -0.497 e. The number of hydrogen-bond acceptors (Lipinski definition) is 2. The van der Waals surface area contributed by atoms with Crippen molar-refractivity contribution in [3.63, 3.8) is 0 Å². The number of rotatable bonds is 6.